The minimum Gasteiger partial charge on any atom is -0.282 e. The number of rotatable bonds is 1. The minimum absolute atomic E-state index is 0.415. The molecule has 1 aliphatic heterocycles. The highest BCUT2D eigenvalue weighted by atomic mass is 32.2. The summed E-state index contributed by atoms with van der Waals surface area (Å²) in [5, 5.41) is 0. The monoisotopic (exact) mass is 228 g/mol. The Morgan fingerprint density at radius 2 is 2.15 bits per heavy atom. The van der Waals surface area contributed by atoms with Gasteiger partial charge < -0.3 is 0 Å². The Morgan fingerprint density at radius 3 is 2.54 bits per heavy atom. The van der Waals surface area contributed by atoms with Crippen molar-refractivity contribution in [3.8, 4) is 0 Å². The molecule has 1 atom stereocenters. The molecule has 76 valence electrons. The zero-order chi connectivity index (χ0) is 10.3. The fourth-order valence-corrected chi connectivity index (χ4v) is 2.91. The Labute approximate surface area is 76.1 Å². The third-order valence-electron chi connectivity index (χ3n) is 1.48. The average molecular weight is 228 g/mol. The molecule has 1 heterocycles. The molecule has 0 amide bonds. The van der Waals surface area contributed by atoms with Crippen LogP contribution >= 0.6 is 0 Å². The zero-order valence-electron chi connectivity index (χ0n) is 6.67. The summed E-state index contributed by atoms with van der Waals surface area (Å²) in [7, 11) is -8.03. The Kier molecular flexibility index (Phi) is 2.50. The van der Waals surface area contributed by atoms with E-state index in [1.807, 2.05) is 0 Å². The van der Waals surface area contributed by atoms with E-state index in [1.54, 1.807) is 0 Å². The van der Waals surface area contributed by atoms with Crippen LogP contribution in [0.5, 0.6) is 0 Å². The molecule has 1 unspecified atom stereocenters. The quantitative estimate of drug-likeness (QED) is 0.480. The van der Waals surface area contributed by atoms with Crippen LogP contribution < -0.4 is 0 Å². The second kappa shape index (κ2) is 3.05. The van der Waals surface area contributed by atoms with Gasteiger partial charge in [0.25, 0.3) is 20.2 Å². The normalized spacial score (nSPS) is 28.2. The molecule has 0 radical (unpaired) electrons. The molecule has 0 saturated carbocycles. The summed E-state index contributed by atoms with van der Waals surface area (Å²) < 4.78 is 55.8. The van der Waals surface area contributed by atoms with Gasteiger partial charge in [0, 0.05) is 0 Å². The molecule has 0 fully saturated rings. The van der Waals surface area contributed by atoms with Gasteiger partial charge in [0.15, 0.2) is 0 Å². The van der Waals surface area contributed by atoms with Gasteiger partial charge in [0.2, 0.25) is 0 Å². The first kappa shape index (κ1) is 10.6. The van der Waals surface area contributed by atoms with Gasteiger partial charge in [-0.1, -0.05) is 0 Å². The average Bonchev–Trinajstić information content (AvgIpc) is 1.80. The third-order valence-corrected chi connectivity index (χ3v) is 3.73. The van der Waals surface area contributed by atoms with Crippen molar-refractivity contribution in [2.24, 2.45) is 0 Å². The lowest BCUT2D eigenvalue weighted by atomic mass is 10.3. The molecule has 13 heavy (non-hydrogen) atoms. The van der Waals surface area contributed by atoms with Crippen molar-refractivity contribution in [2.45, 2.75) is 13.0 Å². The van der Waals surface area contributed by atoms with Gasteiger partial charge in [0.1, 0.15) is 6.10 Å². The molecule has 0 bridgehead atoms. The highest BCUT2D eigenvalue weighted by Gasteiger charge is 2.30. The van der Waals surface area contributed by atoms with Crippen LogP contribution in [0.25, 0.3) is 0 Å². The summed E-state index contributed by atoms with van der Waals surface area (Å²) in [6.45, 7) is 1.23. The predicted molar refractivity (Wildman–Crippen MR) is 44.0 cm³/mol. The minimum atomic E-state index is -4.35. The molecule has 1 rings (SSSR count). The molecular weight excluding hydrogens is 220 g/mol. The molecule has 0 aliphatic carbocycles. The third kappa shape index (κ3) is 2.50. The summed E-state index contributed by atoms with van der Waals surface area (Å²) in [6, 6.07) is 0. The van der Waals surface area contributed by atoms with E-state index in [9.17, 15) is 16.8 Å². The van der Waals surface area contributed by atoms with Crippen molar-refractivity contribution < 1.29 is 25.6 Å². The van der Waals surface area contributed by atoms with E-state index in [1.165, 1.54) is 6.92 Å². The SMILES string of the molecule is CC1OS(=O)(=O)CC=C1S(=O)(=O)O. The zero-order valence-corrected chi connectivity index (χ0v) is 8.30. The molecule has 8 heteroatoms. The van der Waals surface area contributed by atoms with Crippen molar-refractivity contribution >= 4 is 20.2 Å². The Balaban J connectivity index is 3.13. The first-order valence-corrected chi connectivity index (χ1v) is 6.32. The summed E-state index contributed by atoms with van der Waals surface area (Å²) in [6.07, 6.45) is -0.229. The molecule has 0 aromatic carbocycles. The molecule has 1 aliphatic rings. The highest BCUT2D eigenvalue weighted by Crippen LogP contribution is 2.20. The van der Waals surface area contributed by atoms with Crippen LogP contribution in [0.2, 0.25) is 0 Å². The van der Waals surface area contributed by atoms with Gasteiger partial charge >= 0.3 is 0 Å². The summed E-state index contributed by atoms with van der Waals surface area (Å²) in [5.74, 6) is -0.535. The van der Waals surface area contributed by atoms with Crippen LogP contribution in [0.1, 0.15) is 6.92 Å². The summed E-state index contributed by atoms with van der Waals surface area (Å²) >= 11 is 0. The Bertz CT molecular complexity index is 428. The molecule has 0 spiro atoms. The van der Waals surface area contributed by atoms with Crippen LogP contribution in [0.4, 0.5) is 0 Å². The predicted octanol–water partition coefficient (Wildman–Crippen LogP) is -0.493. The van der Waals surface area contributed by atoms with E-state index in [4.69, 9.17) is 4.55 Å². The second-order valence-corrected chi connectivity index (χ2v) is 5.61. The van der Waals surface area contributed by atoms with E-state index in [0.717, 1.165) is 6.08 Å². The van der Waals surface area contributed by atoms with Gasteiger partial charge in [-0.3, -0.25) is 8.74 Å². The van der Waals surface area contributed by atoms with Gasteiger partial charge in [-0.25, -0.2) is 0 Å². The van der Waals surface area contributed by atoms with E-state index in [2.05, 4.69) is 4.18 Å². The first-order chi connectivity index (χ1) is 5.72. The van der Waals surface area contributed by atoms with Crippen molar-refractivity contribution in [3.63, 3.8) is 0 Å². The molecule has 0 saturated heterocycles. The molecule has 0 aromatic heterocycles. The van der Waals surface area contributed by atoms with E-state index in [-0.39, 0.29) is 0 Å². The number of hydrogen-bond acceptors (Lipinski definition) is 5. The van der Waals surface area contributed by atoms with Crippen molar-refractivity contribution in [3.05, 3.63) is 11.0 Å². The highest BCUT2D eigenvalue weighted by molar-refractivity contribution is 7.90. The fraction of sp³-hybridized carbons (Fsp3) is 0.600. The van der Waals surface area contributed by atoms with Crippen LogP contribution in [-0.2, 0) is 24.4 Å². The number of hydrogen-bond donors (Lipinski definition) is 1. The first-order valence-electron chi connectivity index (χ1n) is 3.31. The second-order valence-electron chi connectivity index (χ2n) is 2.54. The van der Waals surface area contributed by atoms with Gasteiger partial charge in [-0.05, 0) is 13.0 Å². The lowest BCUT2D eigenvalue weighted by molar-refractivity contribution is 0.264. The van der Waals surface area contributed by atoms with Crippen LogP contribution in [0.3, 0.4) is 0 Å². The van der Waals surface area contributed by atoms with Crippen LogP contribution in [0.15, 0.2) is 11.0 Å². The molecule has 6 nitrogen and oxygen atoms in total. The molecule has 1 N–H and O–H groups in total. The summed E-state index contributed by atoms with van der Waals surface area (Å²) in [4.78, 5) is -0.415. The maximum absolute atomic E-state index is 10.8. The Morgan fingerprint density at radius 1 is 1.62 bits per heavy atom. The van der Waals surface area contributed by atoms with Gasteiger partial charge in [0.05, 0.1) is 10.7 Å². The largest absolute Gasteiger partial charge is 0.292 e. The lowest BCUT2D eigenvalue weighted by Gasteiger charge is -2.18. The van der Waals surface area contributed by atoms with Crippen molar-refractivity contribution in [1.82, 2.24) is 0 Å². The maximum Gasteiger partial charge on any atom is 0.292 e. The molecular formula is C5H8O6S2. The fourth-order valence-electron chi connectivity index (χ4n) is 0.972. The van der Waals surface area contributed by atoms with E-state index >= 15 is 0 Å². The van der Waals surface area contributed by atoms with Crippen molar-refractivity contribution in [2.75, 3.05) is 5.75 Å². The lowest BCUT2D eigenvalue weighted by Crippen LogP contribution is -2.28. The van der Waals surface area contributed by atoms with Gasteiger partial charge in [-0.15, -0.1) is 0 Å². The van der Waals surface area contributed by atoms with Crippen LogP contribution in [-0.4, -0.2) is 33.2 Å². The standard InChI is InChI=1S/C5H8O6S2/c1-4-5(13(8,9)10)2-3-12(6,7)11-4/h2,4H,3H2,1H3,(H,8,9,10). The van der Waals surface area contributed by atoms with Gasteiger partial charge in [-0.2, -0.15) is 16.8 Å². The van der Waals surface area contributed by atoms with Crippen molar-refractivity contribution in [1.29, 1.82) is 0 Å². The van der Waals surface area contributed by atoms with E-state index < -0.39 is 37.0 Å². The van der Waals surface area contributed by atoms with Crippen LogP contribution in [0, 0.1) is 0 Å². The smallest absolute Gasteiger partial charge is 0.282 e. The summed E-state index contributed by atoms with van der Waals surface area (Å²) in [5.41, 5.74) is 0. The van der Waals surface area contributed by atoms with E-state index in [0.29, 0.717) is 0 Å². The maximum atomic E-state index is 10.8. The Hall–Kier alpha value is -0.440. The topological polar surface area (TPSA) is 97.7 Å². The molecule has 0 aromatic rings.